The molecule has 4 heteroatoms. The Morgan fingerprint density at radius 3 is 1.42 bits per heavy atom. The molecule has 2 rings (SSSR count). The van der Waals surface area contributed by atoms with E-state index >= 15 is 0 Å². The summed E-state index contributed by atoms with van der Waals surface area (Å²) in [7, 11) is 0. The molecule has 0 aliphatic carbocycles. The second-order valence-electron chi connectivity index (χ2n) is 9.19. The second-order valence-corrected chi connectivity index (χ2v) is 9.19. The number of benzene rings is 2. The number of Topliss-reactive ketones (excluding diaryl/α,β-unsaturated/α-hetero) is 2. The summed E-state index contributed by atoms with van der Waals surface area (Å²) in [5.41, 5.74) is 3.78. The highest BCUT2D eigenvalue weighted by molar-refractivity contribution is 5.94. The lowest BCUT2D eigenvalue weighted by molar-refractivity contribution is -0.116. The predicted octanol–water partition coefficient (Wildman–Crippen LogP) is 6.81. The van der Waals surface area contributed by atoms with Crippen LogP contribution in [0, 0.1) is 6.92 Å². The smallest absolute Gasteiger partial charge is 0.161 e. The summed E-state index contributed by atoms with van der Waals surface area (Å²) < 4.78 is 11.0. The zero-order chi connectivity index (χ0) is 25.0. The highest BCUT2D eigenvalue weighted by atomic mass is 16.5. The van der Waals surface area contributed by atoms with Gasteiger partial charge in [-0.2, -0.15) is 0 Å². The number of rotatable bonds is 10. The average Bonchev–Trinajstić information content (AvgIpc) is 2.75. The Labute approximate surface area is 199 Å². The molecule has 0 atom stereocenters. The van der Waals surface area contributed by atoms with Crippen LogP contribution in [0.3, 0.4) is 0 Å². The van der Waals surface area contributed by atoms with E-state index in [9.17, 15) is 9.59 Å². The monoisotopic (exact) mass is 450 g/mol. The highest BCUT2D eigenvalue weighted by Crippen LogP contribution is 2.24. The molecular weight excluding hydrogens is 412 g/mol. The number of hydrogen-bond acceptors (Lipinski definition) is 4. The molecule has 0 spiro atoms. The van der Waals surface area contributed by atoms with Gasteiger partial charge in [-0.3, -0.25) is 9.59 Å². The Kier molecular flexibility index (Phi) is 11.3. The average molecular weight is 451 g/mol. The maximum Gasteiger partial charge on any atom is 0.161 e. The van der Waals surface area contributed by atoms with Gasteiger partial charge < -0.3 is 9.47 Å². The van der Waals surface area contributed by atoms with Crippen molar-refractivity contribution in [1.29, 1.82) is 0 Å². The lowest BCUT2D eigenvalue weighted by Gasteiger charge is -2.19. The van der Waals surface area contributed by atoms with Gasteiger partial charge in [0.2, 0.25) is 0 Å². The molecule has 0 fully saturated rings. The van der Waals surface area contributed by atoms with Gasteiger partial charge in [0.25, 0.3) is 0 Å². The minimum atomic E-state index is 0.0568. The zero-order valence-electron chi connectivity index (χ0n) is 21.0. The molecule has 2 aromatic carbocycles. The number of aryl methyl sites for hydroxylation is 1. The van der Waals surface area contributed by atoms with Crippen molar-refractivity contribution in [2.24, 2.45) is 0 Å². The number of carbonyl (C=O) groups excluding carboxylic acids is 2. The summed E-state index contributed by atoms with van der Waals surface area (Å²) in [4.78, 5) is 22.5. The van der Waals surface area contributed by atoms with E-state index in [1.165, 1.54) is 11.1 Å². The molecular formula is C29H38O4. The van der Waals surface area contributed by atoms with Crippen molar-refractivity contribution in [3.8, 4) is 11.5 Å². The third-order valence-corrected chi connectivity index (χ3v) is 4.89. The number of hydrogen-bond donors (Lipinski definition) is 0. The van der Waals surface area contributed by atoms with E-state index in [4.69, 9.17) is 9.47 Å². The molecule has 2 aromatic rings. The van der Waals surface area contributed by atoms with E-state index < -0.39 is 0 Å². The van der Waals surface area contributed by atoms with Crippen LogP contribution in [0.1, 0.15) is 58.6 Å². The SMILES string of the molecule is C=C(C)C(=O)CCOc1ccc(C(C)(C)C)cc1.C=C(C)C(=O)CCOc1ccc(C)cc1. The Bertz CT molecular complexity index is 929. The summed E-state index contributed by atoms with van der Waals surface area (Å²) in [6, 6.07) is 15.8. The highest BCUT2D eigenvalue weighted by Gasteiger charge is 2.13. The van der Waals surface area contributed by atoms with Crippen LogP contribution < -0.4 is 9.47 Å². The van der Waals surface area contributed by atoms with E-state index in [0.29, 0.717) is 37.2 Å². The number of allylic oxidation sites excluding steroid dienone is 2. The molecule has 0 saturated heterocycles. The molecule has 0 aliphatic heterocycles. The van der Waals surface area contributed by atoms with Gasteiger partial charge in [0.1, 0.15) is 11.5 Å². The Hall–Kier alpha value is -3.14. The van der Waals surface area contributed by atoms with Gasteiger partial charge in [0.05, 0.1) is 13.2 Å². The van der Waals surface area contributed by atoms with Crippen molar-refractivity contribution in [2.45, 2.75) is 59.8 Å². The number of carbonyl (C=O) groups is 2. The van der Waals surface area contributed by atoms with Crippen LogP contribution in [-0.2, 0) is 15.0 Å². The maximum absolute atomic E-state index is 11.3. The van der Waals surface area contributed by atoms with E-state index in [-0.39, 0.29) is 17.0 Å². The molecule has 33 heavy (non-hydrogen) atoms. The van der Waals surface area contributed by atoms with Crippen molar-refractivity contribution in [1.82, 2.24) is 0 Å². The number of ketones is 2. The second kappa shape index (κ2) is 13.4. The molecule has 0 radical (unpaired) electrons. The van der Waals surface area contributed by atoms with Gasteiger partial charge in [-0.1, -0.05) is 63.8 Å². The fourth-order valence-electron chi connectivity index (χ4n) is 2.64. The lowest BCUT2D eigenvalue weighted by atomic mass is 9.87. The molecule has 0 unspecified atom stereocenters. The van der Waals surface area contributed by atoms with E-state index in [0.717, 1.165) is 11.5 Å². The predicted molar refractivity (Wildman–Crippen MR) is 136 cm³/mol. The first kappa shape index (κ1) is 27.9. The van der Waals surface area contributed by atoms with E-state index in [1.807, 2.05) is 43.3 Å². The van der Waals surface area contributed by atoms with E-state index in [2.05, 4.69) is 46.1 Å². The van der Waals surface area contributed by atoms with Crippen molar-refractivity contribution < 1.29 is 19.1 Å². The molecule has 4 nitrogen and oxygen atoms in total. The van der Waals surface area contributed by atoms with E-state index in [1.54, 1.807) is 13.8 Å². The van der Waals surface area contributed by atoms with Crippen molar-refractivity contribution in [2.75, 3.05) is 13.2 Å². The lowest BCUT2D eigenvalue weighted by Crippen LogP contribution is -2.11. The van der Waals surface area contributed by atoms with Gasteiger partial charge in [-0.05, 0) is 67.2 Å². The molecule has 0 amide bonds. The molecule has 0 heterocycles. The summed E-state index contributed by atoms with van der Waals surface area (Å²) in [5, 5.41) is 0. The Morgan fingerprint density at radius 2 is 1.09 bits per heavy atom. The Morgan fingerprint density at radius 1 is 0.727 bits per heavy atom. The van der Waals surface area contributed by atoms with Crippen LogP contribution in [-0.4, -0.2) is 24.8 Å². The topological polar surface area (TPSA) is 52.6 Å². The van der Waals surface area contributed by atoms with Crippen LogP contribution in [0.2, 0.25) is 0 Å². The molecule has 0 N–H and O–H groups in total. The normalized spacial score (nSPS) is 10.5. The summed E-state index contributed by atoms with van der Waals surface area (Å²) in [6.07, 6.45) is 0.777. The third kappa shape index (κ3) is 11.3. The van der Waals surface area contributed by atoms with Crippen LogP contribution >= 0.6 is 0 Å². The minimum absolute atomic E-state index is 0.0568. The van der Waals surface area contributed by atoms with Gasteiger partial charge >= 0.3 is 0 Å². The van der Waals surface area contributed by atoms with Crippen molar-refractivity contribution in [3.63, 3.8) is 0 Å². The van der Waals surface area contributed by atoms with Crippen LogP contribution in [0.5, 0.6) is 11.5 Å². The first-order chi connectivity index (χ1) is 15.4. The summed E-state index contributed by atoms with van der Waals surface area (Å²) >= 11 is 0. The Balaban J connectivity index is 0.000000335. The maximum atomic E-state index is 11.3. The molecule has 178 valence electrons. The van der Waals surface area contributed by atoms with Crippen LogP contribution in [0.15, 0.2) is 72.8 Å². The minimum Gasteiger partial charge on any atom is -0.493 e. The molecule has 0 aromatic heterocycles. The summed E-state index contributed by atoms with van der Waals surface area (Å²) in [5.74, 6) is 1.72. The number of ether oxygens (including phenoxy) is 2. The largest absolute Gasteiger partial charge is 0.493 e. The summed E-state index contributed by atoms with van der Waals surface area (Å²) in [6.45, 7) is 20.0. The standard InChI is InChI=1S/C16H22O2.C13H16O2/c1-12(2)15(17)10-11-18-14-8-6-13(7-9-14)16(3,4)5;1-10(2)13(14)8-9-15-12-6-4-11(3)5-7-12/h6-9H,1,10-11H2,2-5H3;4-7H,1,8-9H2,2-3H3. The van der Waals surface area contributed by atoms with Crippen LogP contribution in [0.4, 0.5) is 0 Å². The van der Waals surface area contributed by atoms with Gasteiger partial charge in [-0.15, -0.1) is 0 Å². The van der Waals surface area contributed by atoms with Crippen molar-refractivity contribution in [3.05, 3.63) is 84.0 Å². The fraction of sp³-hybridized carbons (Fsp3) is 0.379. The quantitative estimate of drug-likeness (QED) is 0.373. The van der Waals surface area contributed by atoms with Gasteiger partial charge in [0.15, 0.2) is 11.6 Å². The van der Waals surface area contributed by atoms with Crippen LogP contribution in [0.25, 0.3) is 0 Å². The third-order valence-electron chi connectivity index (χ3n) is 4.89. The van der Waals surface area contributed by atoms with Gasteiger partial charge in [0, 0.05) is 12.8 Å². The first-order valence-electron chi connectivity index (χ1n) is 11.2. The van der Waals surface area contributed by atoms with Gasteiger partial charge in [-0.25, -0.2) is 0 Å². The zero-order valence-corrected chi connectivity index (χ0v) is 21.0. The molecule has 0 aliphatic rings. The van der Waals surface area contributed by atoms with Crippen molar-refractivity contribution >= 4 is 11.6 Å². The first-order valence-corrected chi connectivity index (χ1v) is 11.2. The molecule has 0 saturated carbocycles. The molecule has 0 bridgehead atoms. The fourth-order valence-corrected chi connectivity index (χ4v) is 2.64.